The number of benzene rings is 1. The molecule has 1 saturated heterocycles. The van der Waals surface area contributed by atoms with Crippen molar-refractivity contribution in [2.75, 3.05) is 31.1 Å². The summed E-state index contributed by atoms with van der Waals surface area (Å²) in [4.78, 5) is 4.95. The van der Waals surface area contributed by atoms with Crippen molar-refractivity contribution in [1.82, 2.24) is 15.1 Å². The fourth-order valence-electron chi connectivity index (χ4n) is 2.77. The average Bonchev–Trinajstić information content (AvgIpc) is 2.85. The maximum Gasteiger partial charge on any atom is 0.0765 e. The maximum absolute atomic E-state index is 4.32. The van der Waals surface area contributed by atoms with Crippen LogP contribution in [0.5, 0.6) is 0 Å². The number of nitrogens with one attached hydrogen (secondary N) is 1. The number of nitrogens with zero attached hydrogens (tertiary/aromatic N) is 3. The normalized spacial score (nSPS) is 16.6. The predicted molar refractivity (Wildman–Crippen MR) is 82.0 cm³/mol. The molecule has 0 spiro atoms. The quantitative estimate of drug-likeness (QED) is 0.930. The van der Waals surface area contributed by atoms with E-state index in [1.807, 2.05) is 6.92 Å². The summed E-state index contributed by atoms with van der Waals surface area (Å²) in [6.45, 7) is 9.53. The van der Waals surface area contributed by atoms with Gasteiger partial charge in [-0.3, -0.25) is 10.00 Å². The summed E-state index contributed by atoms with van der Waals surface area (Å²) < 4.78 is 0. The third kappa shape index (κ3) is 3.02. The first kappa shape index (κ1) is 13.2. The second-order valence-corrected chi connectivity index (χ2v) is 5.64. The van der Waals surface area contributed by atoms with E-state index in [0.29, 0.717) is 0 Å². The van der Waals surface area contributed by atoms with E-state index in [9.17, 15) is 0 Å². The lowest BCUT2D eigenvalue weighted by Gasteiger charge is -2.35. The molecule has 2 heterocycles. The van der Waals surface area contributed by atoms with Crippen molar-refractivity contribution in [1.29, 1.82) is 0 Å². The number of rotatable bonds is 3. The Kier molecular flexibility index (Phi) is 3.74. The number of anilines is 1. The first-order valence-corrected chi connectivity index (χ1v) is 7.25. The van der Waals surface area contributed by atoms with Crippen molar-refractivity contribution in [2.45, 2.75) is 20.4 Å². The van der Waals surface area contributed by atoms with E-state index in [1.165, 1.54) is 11.3 Å². The molecule has 3 rings (SSSR count). The molecule has 0 unspecified atom stereocenters. The van der Waals surface area contributed by atoms with Crippen LogP contribution in [0, 0.1) is 13.8 Å². The second-order valence-electron chi connectivity index (χ2n) is 5.64. The topological polar surface area (TPSA) is 35.2 Å². The van der Waals surface area contributed by atoms with Gasteiger partial charge in [0.1, 0.15) is 0 Å². The molecule has 106 valence electrons. The third-order valence-corrected chi connectivity index (χ3v) is 3.88. The standard InChI is InChI=1S/C16H22N4/c1-13-4-3-5-16(10-13)20-8-6-19(7-9-20)12-15-11-14(2)17-18-15/h3-5,10-11H,6-9,12H2,1-2H3,(H,17,18). The third-order valence-electron chi connectivity index (χ3n) is 3.88. The van der Waals surface area contributed by atoms with E-state index in [4.69, 9.17) is 0 Å². The molecule has 20 heavy (non-hydrogen) atoms. The summed E-state index contributed by atoms with van der Waals surface area (Å²) in [7, 11) is 0. The second kappa shape index (κ2) is 5.67. The Labute approximate surface area is 120 Å². The van der Waals surface area contributed by atoms with Crippen LogP contribution < -0.4 is 4.90 Å². The lowest BCUT2D eigenvalue weighted by atomic mass is 10.2. The summed E-state index contributed by atoms with van der Waals surface area (Å²) in [5, 5.41) is 7.33. The fourth-order valence-corrected chi connectivity index (χ4v) is 2.77. The van der Waals surface area contributed by atoms with E-state index >= 15 is 0 Å². The number of hydrogen-bond acceptors (Lipinski definition) is 3. The van der Waals surface area contributed by atoms with Gasteiger partial charge in [0.05, 0.1) is 5.69 Å². The molecule has 0 amide bonds. The van der Waals surface area contributed by atoms with E-state index in [2.05, 4.69) is 57.3 Å². The predicted octanol–water partition coefficient (Wildman–Crippen LogP) is 2.35. The minimum Gasteiger partial charge on any atom is -0.369 e. The van der Waals surface area contributed by atoms with Gasteiger partial charge in [-0.15, -0.1) is 0 Å². The van der Waals surface area contributed by atoms with Crippen molar-refractivity contribution in [3.63, 3.8) is 0 Å². The lowest BCUT2D eigenvalue weighted by molar-refractivity contribution is 0.247. The van der Waals surface area contributed by atoms with Gasteiger partial charge in [-0.2, -0.15) is 5.10 Å². The van der Waals surface area contributed by atoms with Crippen LogP contribution in [0.2, 0.25) is 0 Å². The summed E-state index contributed by atoms with van der Waals surface area (Å²) >= 11 is 0. The summed E-state index contributed by atoms with van der Waals surface area (Å²) in [6, 6.07) is 10.9. The van der Waals surface area contributed by atoms with Crippen LogP contribution in [0.4, 0.5) is 5.69 Å². The van der Waals surface area contributed by atoms with Gasteiger partial charge in [-0.25, -0.2) is 0 Å². The van der Waals surface area contributed by atoms with Crippen LogP contribution in [-0.2, 0) is 6.54 Å². The SMILES string of the molecule is Cc1cccc(N2CCN(Cc3cc(C)[nH]n3)CC2)c1. The zero-order chi connectivity index (χ0) is 13.9. The molecule has 1 fully saturated rings. The van der Waals surface area contributed by atoms with Gasteiger partial charge in [-0.05, 0) is 37.6 Å². The first-order chi connectivity index (χ1) is 9.70. The minimum atomic E-state index is 0.950. The van der Waals surface area contributed by atoms with Gasteiger partial charge >= 0.3 is 0 Å². The maximum atomic E-state index is 4.32. The van der Waals surface area contributed by atoms with Gasteiger partial charge in [0.25, 0.3) is 0 Å². The number of aromatic nitrogens is 2. The molecular weight excluding hydrogens is 248 g/mol. The number of aromatic amines is 1. The molecule has 1 aliphatic rings. The molecule has 0 aliphatic carbocycles. The number of piperazine rings is 1. The van der Waals surface area contributed by atoms with E-state index in [0.717, 1.165) is 44.1 Å². The summed E-state index contributed by atoms with van der Waals surface area (Å²) in [6.07, 6.45) is 0. The van der Waals surface area contributed by atoms with E-state index < -0.39 is 0 Å². The van der Waals surface area contributed by atoms with Crippen LogP contribution in [0.1, 0.15) is 17.0 Å². The van der Waals surface area contributed by atoms with Crippen molar-refractivity contribution in [3.05, 3.63) is 47.3 Å². The van der Waals surface area contributed by atoms with Gasteiger partial charge in [-0.1, -0.05) is 12.1 Å². The molecule has 1 aliphatic heterocycles. The molecule has 0 saturated carbocycles. The van der Waals surface area contributed by atoms with Gasteiger partial charge < -0.3 is 4.90 Å². The zero-order valence-electron chi connectivity index (χ0n) is 12.3. The monoisotopic (exact) mass is 270 g/mol. The smallest absolute Gasteiger partial charge is 0.0765 e. The lowest BCUT2D eigenvalue weighted by Crippen LogP contribution is -2.46. The van der Waals surface area contributed by atoms with Crippen molar-refractivity contribution >= 4 is 5.69 Å². The molecular formula is C16H22N4. The molecule has 0 atom stereocenters. The molecule has 1 N–H and O–H groups in total. The Bertz CT molecular complexity index is 567. The van der Waals surface area contributed by atoms with Gasteiger partial charge in [0.2, 0.25) is 0 Å². The zero-order valence-corrected chi connectivity index (χ0v) is 12.3. The van der Waals surface area contributed by atoms with Crippen molar-refractivity contribution < 1.29 is 0 Å². The average molecular weight is 270 g/mol. The van der Waals surface area contributed by atoms with E-state index in [-0.39, 0.29) is 0 Å². The largest absolute Gasteiger partial charge is 0.369 e. The number of hydrogen-bond donors (Lipinski definition) is 1. The molecule has 0 bridgehead atoms. The van der Waals surface area contributed by atoms with Gasteiger partial charge in [0, 0.05) is 44.1 Å². The van der Waals surface area contributed by atoms with Crippen LogP contribution in [0.3, 0.4) is 0 Å². The molecule has 4 heteroatoms. The molecule has 1 aromatic carbocycles. The van der Waals surface area contributed by atoms with Crippen LogP contribution in [-0.4, -0.2) is 41.3 Å². The van der Waals surface area contributed by atoms with Crippen molar-refractivity contribution in [2.24, 2.45) is 0 Å². The highest BCUT2D eigenvalue weighted by molar-refractivity contribution is 5.48. The van der Waals surface area contributed by atoms with Crippen LogP contribution in [0.25, 0.3) is 0 Å². The Morgan fingerprint density at radius 3 is 2.55 bits per heavy atom. The van der Waals surface area contributed by atoms with Gasteiger partial charge in [0.15, 0.2) is 0 Å². The highest BCUT2D eigenvalue weighted by atomic mass is 15.3. The summed E-state index contributed by atoms with van der Waals surface area (Å²) in [5.41, 5.74) is 4.96. The Morgan fingerprint density at radius 2 is 1.90 bits per heavy atom. The summed E-state index contributed by atoms with van der Waals surface area (Å²) in [5.74, 6) is 0. The van der Waals surface area contributed by atoms with E-state index in [1.54, 1.807) is 0 Å². The Morgan fingerprint density at radius 1 is 1.10 bits per heavy atom. The minimum absolute atomic E-state index is 0.950. The molecule has 0 radical (unpaired) electrons. The highest BCUT2D eigenvalue weighted by Gasteiger charge is 2.17. The number of aryl methyl sites for hydroxylation is 2. The Balaban J connectivity index is 1.57. The highest BCUT2D eigenvalue weighted by Crippen LogP contribution is 2.18. The molecule has 1 aromatic heterocycles. The van der Waals surface area contributed by atoms with Crippen LogP contribution >= 0.6 is 0 Å². The molecule has 4 nitrogen and oxygen atoms in total. The number of H-pyrrole nitrogens is 1. The first-order valence-electron chi connectivity index (χ1n) is 7.25. The molecule has 2 aromatic rings. The van der Waals surface area contributed by atoms with Crippen LogP contribution in [0.15, 0.2) is 30.3 Å². The Hall–Kier alpha value is -1.81. The fraction of sp³-hybridized carbons (Fsp3) is 0.438. The van der Waals surface area contributed by atoms with Crippen molar-refractivity contribution in [3.8, 4) is 0 Å².